The maximum atomic E-state index is 13.6. The van der Waals surface area contributed by atoms with Crippen molar-refractivity contribution >= 4 is 11.6 Å². The van der Waals surface area contributed by atoms with E-state index in [0.29, 0.717) is 0 Å². The third-order valence-electron chi connectivity index (χ3n) is 3.01. The van der Waals surface area contributed by atoms with Crippen molar-refractivity contribution in [2.45, 2.75) is 24.5 Å². The molecule has 0 bridgehead atoms. The van der Waals surface area contributed by atoms with E-state index in [0.717, 1.165) is 12.2 Å². The fraction of sp³-hybridized carbons (Fsp3) is 0.400. The molecule has 0 aromatic heterocycles. The Morgan fingerprint density at radius 3 is 3.00 bits per heavy atom. The van der Waals surface area contributed by atoms with Crippen LogP contribution in [0, 0.1) is 0 Å². The Balaban J connectivity index is 2.01. The summed E-state index contributed by atoms with van der Waals surface area (Å²) < 4.78 is 26.7. The number of nitrogens with zero attached hydrogens (tertiary/aromatic N) is 1. The molecule has 1 fully saturated rings. The molecular formula is C10H10F2N4O2. The number of nitrogens with one attached hydrogen (secondary N) is 3. The summed E-state index contributed by atoms with van der Waals surface area (Å²) >= 11 is 0. The molecule has 1 saturated heterocycles. The summed E-state index contributed by atoms with van der Waals surface area (Å²) in [6.45, 7) is 0. The molecule has 1 amide bonds. The lowest BCUT2D eigenvalue weighted by atomic mass is 9.96. The van der Waals surface area contributed by atoms with Gasteiger partial charge in [0.05, 0.1) is 0 Å². The summed E-state index contributed by atoms with van der Waals surface area (Å²) in [4.78, 5) is 15.5. The van der Waals surface area contributed by atoms with Gasteiger partial charge in [-0.2, -0.15) is 0 Å². The van der Waals surface area contributed by atoms with E-state index in [9.17, 15) is 18.7 Å². The van der Waals surface area contributed by atoms with E-state index in [2.05, 4.69) is 21.2 Å². The van der Waals surface area contributed by atoms with Gasteiger partial charge in [0.25, 0.3) is 5.91 Å². The number of allylic oxidation sites excluding steroid dienone is 2. The lowest BCUT2D eigenvalue weighted by Crippen LogP contribution is -2.68. The molecular weight excluding hydrogens is 246 g/mol. The normalized spacial score (nSPS) is 38.4. The van der Waals surface area contributed by atoms with Gasteiger partial charge in [-0.25, -0.2) is 14.2 Å². The van der Waals surface area contributed by atoms with E-state index < -0.39 is 36.2 Å². The molecule has 0 spiro atoms. The number of aliphatic imine (C=N–C) groups is 1. The standard InChI is InChI=1S/C10H10F2N4O2/c11-3-1-4(12)6-5(2-3)13-7-8(14-6)10(18)16-15-9(7)17/h1-2,4,6-7,9,13,15,17H,(H,16,18). The molecule has 18 heavy (non-hydrogen) atoms. The number of aliphatic hydroxyl groups excluding tert-OH is 1. The molecule has 4 N–H and O–H groups in total. The predicted molar refractivity (Wildman–Crippen MR) is 57.6 cm³/mol. The first-order chi connectivity index (χ1) is 8.56. The second kappa shape index (κ2) is 3.85. The van der Waals surface area contributed by atoms with Crippen LogP contribution >= 0.6 is 0 Å². The van der Waals surface area contributed by atoms with Crippen LogP contribution in [0.3, 0.4) is 0 Å². The highest BCUT2D eigenvalue weighted by Gasteiger charge is 2.42. The average Bonchev–Trinajstić information content (AvgIpc) is 2.32. The number of halogens is 2. The zero-order valence-electron chi connectivity index (χ0n) is 9.02. The molecule has 2 heterocycles. The molecule has 0 saturated carbocycles. The van der Waals surface area contributed by atoms with Gasteiger partial charge in [-0.05, 0) is 12.2 Å². The zero-order chi connectivity index (χ0) is 12.9. The van der Waals surface area contributed by atoms with Gasteiger partial charge in [-0.15, -0.1) is 0 Å². The number of carbonyl (C=O) groups excluding carboxylic acids is 1. The summed E-state index contributed by atoms with van der Waals surface area (Å²) in [5, 5.41) is 12.4. The van der Waals surface area contributed by atoms with Crippen LogP contribution in [-0.2, 0) is 4.79 Å². The minimum atomic E-state index is -1.63. The Morgan fingerprint density at radius 2 is 2.22 bits per heavy atom. The Hall–Kier alpha value is -1.80. The van der Waals surface area contributed by atoms with Crippen molar-refractivity contribution in [3.8, 4) is 0 Å². The summed E-state index contributed by atoms with van der Waals surface area (Å²) in [6.07, 6.45) is -0.836. The maximum absolute atomic E-state index is 13.6. The predicted octanol–water partition coefficient (Wildman–Crippen LogP) is -1.19. The molecule has 4 unspecified atom stereocenters. The largest absolute Gasteiger partial charge is 0.374 e. The second-order valence-corrected chi connectivity index (χ2v) is 4.22. The van der Waals surface area contributed by atoms with Crippen LogP contribution in [0.4, 0.5) is 8.78 Å². The molecule has 4 atom stereocenters. The molecule has 0 aromatic carbocycles. The first kappa shape index (κ1) is 11.3. The van der Waals surface area contributed by atoms with E-state index in [1.165, 1.54) is 0 Å². The second-order valence-electron chi connectivity index (χ2n) is 4.22. The monoisotopic (exact) mass is 256 g/mol. The third-order valence-corrected chi connectivity index (χ3v) is 3.01. The van der Waals surface area contributed by atoms with Crippen LogP contribution in [0.1, 0.15) is 0 Å². The van der Waals surface area contributed by atoms with Gasteiger partial charge >= 0.3 is 0 Å². The van der Waals surface area contributed by atoms with Crippen LogP contribution in [0.2, 0.25) is 0 Å². The summed E-state index contributed by atoms with van der Waals surface area (Å²) in [5.41, 5.74) is 4.76. The molecule has 6 nitrogen and oxygen atoms in total. The van der Waals surface area contributed by atoms with Gasteiger partial charge in [0.2, 0.25) is 0 Å². The van der Waals surface area contributed by atoms with Crippen molar-refractivity contribution in [3.63, 3.8) is 0 Å². The van der Waals surface area contributed by atoms with Gasteiger partial charge in [-0.1, -0.05) is 0 Å². The van der Waals surface area contributed by atoms with Crippen LogP contribution in [0.5, 0.6) is 0 Å². The Labute approximate surface area is 100 Å². The highest BCUT2D eigenvalue weighted by atomic mass is 19.1. The van der Waals surface area contributed by atoms with Crippen molar-refractivity contribution in [2.75, 3.05) is 0 Å². The number of alkyl halides is 1. The van der Waals surface area contributed by atoms with Crippen molar-refractivity contribution in [2.24, 2.45) is 4.99 Å². The first-order valence-electron chi connectivity index (χ1n) is 5.37. The number of hydrogen-bond acceptors (Lipinski definition) is 5. The summed E-state index contributed by atoms with van der Waals surface area (Å²) in [7, 11) is 0. The number of rotatable bonds is 0. The Kier molecular flexibility index (Phi) is 2.42. The molecule has 8 heteroatoms. The van der Waals surface area contributed by atoms with Gasteiger partial charge in [0.15, 0.2) is 0 Å². The highest BCUT2D eigenvalue weighted by molar-refractivity contribution is 6.41. The van der Waals surface area contributed by atoms with Crippen LogP contribution in [0.15, 0.2) is 28.7 Å². The fourth-order valence-electron chi connectivity index (χ4n) is 2.16. The van der Waals surface area contributed by atoms with E-state index in [1.807, 2.05) is 0 Å². The quantitative estimate of drug-likeness (QED) is 0.439. The molecule has 1 aliphatic carbocycles. The van der Waals surface area contributed by atoms with E-state index in [1.54, 1.807) is 0 Å². The molecule has 0 radical (unpaired) electrons. The van der Waals surface area contributed by atoms with Crippen LogP contribution in [0.25, 0.3) is 0 Å². The maximum Gasteiger partial charge on any atom is 0.281 e. The van der Waals surface area contributed by atoms with E-state index in [4.69, 9.17) is 0 Å². The number of aliphatic hydroxyl groups is 1. The molecule has 2 aliphatic heterocycles. The fourth-order valence-corrected chi connectivity index (χ4v) is 2.16. The molecule has 3 rings (SSSR count). The number of carbonyl (C=O) groups is 1. The SMILES string of the molecule is O=C1NNC(O)C2NC3=CC(F)=CC(F)C3N=C12. The van der Waals surface area contributed by atoms with Crippen molar-refractivity contribution in [1.82, 2.24) is 16.2 Å². The number of amides is 1. The minimum Gasteiger partial charge on any atom is -0.374 e. The van der Waals surface area contributed by atoms with E-state index in [-0.39, 0.29) is 11.4 Å². The van der Waals surface area contributed by atoms with Crippen LogP contribution in [-0.4, -0.2) is 41.2 Å². The lowest BCUT2D eigenvalue weighted by Gasteiger charge is -2.38. The van der Waals surface area contributed by atoms with E-state index >= 15 is 0 Å². The van der Waals surface area contributed by atoms with Gasteiger partial charge in [0, 0.05) is 5.70 Å². The minimum absolute atomic E-state index is 0.00163. The van der Waals surface area contributed by atoms with Crippen LogP contribution < -0.4 is 16.2 Å². The average molecular weight is 256 g/mol. The van der Waals surface area contributed by atoms with Gasteiger partial charge in [0.1, 0.15) is 36.0 Å². The Morgan fingerprint density at radius 1 is 1.44 bits per heavy atom. The molecule has 3 aliphatic rings. The lowest BCUT2D eigenvalue weighted by molar-refractivity contribution is -0.118. The number of fused-ring (bicyclic) bond motifs is 2. The van der Waals surface area contributed by atoms with Crippen molar-refractivity contribution < 1.29 is 18.7 Å². The Bertz CT molecular complexity index is 502. The van der Waals surface area contributed by atoms with Gasteiger partial charge < -0.3 is 10.4 Å². The van der Waals surface area contributed by atoms with Crippen molar-refractivity contribution in [1.29, 1.82) is 0 Å². The molecule has 0 aromatic rings. The van der Waals surface area contributed by atoms with Crippen molar-refractivity contribution in [3.05, 3.63) is 23.7 Å². The third kappa shape index (κ3) is 1.61. The first-order valence-corrected chi connectivity index (χ1v) is 5.37. The zero-order valence-corrected chi connectivity index (χ0v) is 9.02. The summed E-state index contributed by atoms with van der Waals surface area (Å²) in [6, 6.07) is -1.79. The van der Waals surface area contributed by atoms with Gasteiger partial charge in [-0.3, -0.25) is 15.2 Å². The number of hydrogen-bond donors (Lipinski definition) is 4. The summed E-state index contributed by atoms with van der Waals surface area (Å²) in [5.74, 6) is -1.25. The number of hydrazine groups is 1. The highest BCUT2D eigenvalue weighted by Crippen LogP contribution is 2.27. The molecule has 96 valence electrons. The smallest absolute Gasteiger partial charge is 0.281 e. The topological polar surface area (TPSA) is 85.8 Å².